The fraction of sp³-hybridized carbons (Fsp3) is 0.429. The van der Waals surface area contributed by atoms with Crippen molar-refractivity contribution in [2.75, 3.05) is 18.4 Å². The molecule has 1 atom stereocenters. The first kappa shape index (κ1) is 17.4. The van der Waals surface area contributed by atoms with Crippen LogP contribution in [0.4, 0.5) is 10.1 Å². The van der Waals surface area contributed by atoms with Gasteiger partial charge in [-0.2, -0.15) is 0 Å². The molecule has 0 aliphatic heterocycles. The highest BCUT2D eigenvalue weighted by molar-refractivity contribution is 6.31. The molecule has 1 amide bonds. The second-order valence-corrected chi connectivity index (χ2v) is 5.09. The minimum Gasteiger partial charge on any atom is -0.481 e. The van der Waals surface area contributed by atoms with Crippen LogP contribution >= 0.6 is 11.6 Å². The lowest BCUT2D eigenvalue weighted by Crippen LogP contribution is -2.40. The number of amides is 1. The Labute approximate surface area is 127 Å². The number of likely N-dealkylation sites (N-methyl/N-ethyl adjacent to an activating group) is 1. The highest BCUT2D eigenvalue weighted by Crippen LogP contribution is 2.19. The van der Waals surface area contributed by atoms with Gasteiger partial charge in [0.15, 0.2) is 0 Å². The van der Waals surface area contributed by atoms with Gasteiger partial charge in [-0.3, -0.25) is 14.5 Å². The van der Waals surface area contributed by atoms with Crippen molar-refractivity contribution in [1.82, 2.24) is 4.90 Å². The van der Waals surface area contributed by atoms with E-state index in [1.54, 1.807) is 11.8 Å². The van der Waals surface area contributed by atoms with E-state index in [-0.39, 0.29) is 29.9 Å². The van der Waals surface area contributed by atoms with Crippen molar-refractivity contribution in [1.29, 1.82) is 0 Å². The zero-order chi connectivity index (χ0) is 16.0. The predicted molar refractivity (Wildman–Crippen MR) is 79.0 cm³/mol. The van der Waals surface area contributed by atoms with Gasteiger partial charge in [-0.05, 0) is 31.7 Å². The number of aliphatic carboxylic acids is 1. The van der Waals surface area contributed by atoms with Gasteiger partial charge in [0.1, 0.15) is 5.82 Å². The Morgan fingerprint density at radius 3 is 2.67 bits per heavy atom. The lowest BCUT2D eigenvalue weighted by atomic mass is 10.2. The SMILES string of the molecule is CCN(CC(=O)Nc1ccc(F)c(Cl)c1)C(C)CC(=O)O. The summed E-state index contributed by atoms with van der Waals surface area (Å²) in [7, 11) is 0. The minimum atomic E-state index is -0.910. The molecular weight excluding hydrogens is 299 g/mol. The quantitative estimate of drug-likeness (QED) is 0.811. The van der Waals surface area contributed by atoms with E-state index in [4.69, 9.17) is 16.7 Å². The second-order valence-electron chi connectivity index (χ2n) is 4.69. The van der Waals surface area contributed by atoms with Crippen LogP contribution in [-0.2, 0) is 9.59 Å². The Hall–Kier alpha value is -1.66. The number of carboxylic acids is 1. The van der Waals surface area contributed by atoms with E-state index >= 15 is 0 Å². The molecule has 0 saturated carbocycles. The molecule has 1 aromatic carbocycles. The van der Waals surface area contributed by atoms with Gasteiger partial charge in [-0.15, -0.1) is 0 Å². The number of hydrogen-bond acceptors (Lipinski definition) is 3. The molecule has 0 aliphatic rings. The van der Waals surface area contributed by atoms with Crippen molar-refractivity contribution >= 4 is 29.2 Å². The highest BCUT2D eigenvalue weighted by atomic mass is 35.5. The monoisotopic (exact) mass is 316 g/mol. The number of nitrogens with zero attached hydrogens (tertiary/aromatic N) is 1. The van der Waals surface area contributed by atoms with Crippen LogP contribution in [-0.4, -0.2) is 41.0 Å². The van der Waals surface area contributed by atoms with Crippen LogP contribution in [0.1, 0.15) is 20.3 Å². The van der Waals surface area contributed by atoms with Gasteiger partial charge in [0.25, 0.3) is 0 Å². The van der Waals surface area contributed by atoms with Crippen LogP contribution in [0.2, 0.25) is 5.02 Å². The van der Waals surface area contributed by atoms with Crippen LogP contribution in [0, 0.1) is 5.82 Å². The molecule has 0 bridgehead atoms. The number of hydrogen-bond donors (Lipinski definition) is 2. The van der Waals surface area contributed by atoms with Gasteiger partial charge in [0, 0.05) is 11.7 Å². The summed E-state index contributed by atoms with van der Waals surface area (Å²) in [4.78, 5) is 24.4. The van der Waals surface area contributed by atoms with E-state index in [9.17, 15) is 14.0 Å². The first-order chi connectivity index (χ1) is 9.83. The molecule has 1 rings (SSSR count). The molecule has 0 saturated heterocycles. The van der Waals surface area contributed by atoms with E-state index in [2.05, 4.69) is 5.32 Å². The molecule has 116 valence electrons. The Morgan fingerprint density at radius 1 is 1.48 bits per heavy atom. The second kappa shape index (κ2) is 7.95. The van der Waals surface area contributed by atoms with Gasteiger partial charge in [0.2, 0.25) is 5.91 Å². The molecule has 1 aromatic rings. The third kappa shape index (κ3) is 5.69. The van der Waals surface area contributed by atoms with Gasteiger partial charge >= 0.3 is 5.97 Å². The molecule has 0 aliphatic carbocycles. The molecule has 0 radical (unpaired) electrons. The average molecular weight is 317 g/mol. The molecule has 7 heteroatoms. The maximum Gasteiger partial charge on any atom is 0.304 e. The van der Waals surface area contributed by atoms with Gasteiger partial charge < -0.3 is 10.4 Å². The summed E-state index contributed by atoms with van der Waals surface area (Å²) in [6.45, 7) is 4.20. The number of nitrogens with one attached hydrogen (secondary N) is 1. The first-order valence-corrected chi connectivity index (χ1v) is 6.92. The maximum atomic E-state index is 13.0. The fourth-order valence-electron chi connectivity index (χ4n) is 1.92. The van der Waals surface area contributed by atoms with Crippen molar-refractivity contribution < 1.29 is 19.1 Å². The van der Waals surface area contributed by atoms with Gasteiger partial charge in [0.05, 0.1) is 18.0 Å². The zero-order valence-corrected chi connectivity index (χ0v) is 12.7. The Kier molecular flexibility index (Phi) is 6.58. The topological polar surface area (TPSA) is 69.6 Å². The number of benzene rings is 1. The summed E-state index contributed by atoms with van der Waals surface area (Å²) < 4.78 is 13.0. The molecule has 2 N–H and O–H groups in total. The molecule has 0 heterocycles. The van der Waals surface area contributed by atoms with E-state index in [0.29, 0.717) is 12.2 Å². The standard InChI is InChI=1S/C14H18ClFN2O3/c1-3-18(9(2)6-14(20)21)8-13(19)17-10-4-5-12(16)11(15)7-10/h4-5,7,9H,3,6,8H2,1-2H3,(H,17,19)(H,20,21). The van der Waals surface area contributed by atoms with E-state index < -0.39 is 11.8 Å². The Morgan fingerprint density at radius 2 is 2.14 bits per heavy atom. The number of carboxylic acid groups (broad SMARTS) is 1. The smallest absolute Gasteiger partial charge is 0.304 e. The molecule has 0 aromatic heterocycles. The van der Waals surface area contributed by atoms with Crippen LogP contribution in [0.25, 0.3) is 0 Å². The van der Waals surface area contributed by atoms with Crippen molar-refractivity contribution in [2.24, 2.45) is 0 Å². The summed E-state index contributed by atoms with van der Waals surface area (Å²) in [5.74, 6) is -1.77. The van der Waals surface area contributed by atoms with Crippen LogP contribution in [0.5, 0.6) is 0 Å². The fourth-order valence-corrected chi connectivity index (χ4v) is 2.10. The molecule has 1 unspecified atom stereocenters. The molecule has 0 fully saturated rings. The van der Waals surface area contributed by atoms with Crippen LogP contribution < -0.4 is 5.32 Å². The summed E-state index contributed by atoms with van der Waals surface area (Å²) in [6, 6.07) is 3.65. The third-order valence-corrected chi connectivity index (χ3v) is 3.34. The highest BCUT2D eigenvalue weighted by Gasteiger charge is 2.18. The normalized spacial score (nSPS) is 12.2. The third-order valence-electron chi connectivity index (χ3n) is 3.05. The Balaban J connectivity index is 2.62. The van der Waals surface area contributed by atoms with Crippen LogP contribution in [0.15, 0.2) is 18.2 Å². The largest absolute Gasteiger partial charge is 0.481 e. The van der Waals surface area contributed by atoms with Crippen molar-refractivity contribution in [3.8, 4) is 0 Å². The molecule has 21 heavy (non-hydrogen) atoms. The predicted octanol–water partition coefficient (Wildman–Crippen LogP) is 2.60. The summed E-state index contributed by atoms with van der Waals surface area (Å²) in [5.41, 5.74) is 0.397. The average Bonchev–Trinajstić information content (AvgIpc) is 2.39. The Bertz CT molecular complexity index is 525. The van der Waals surface area contributed by atoms with Crippen molar-refractivity contribution in [2.45, 2.75) is 26.3 Å². The summed E-state index contributed by atoms with van der Waals surface area (Å²) in [5, 5.41) is 11.3. The molecule has 5 nitrogen and oxygen atoms in total. The number of anilines is 1. The number of rotatable bonds is 7. The van der Waals surface area contributed by atoms with E-state index in [0.717, 1.165) is 0 Å². The van der Waals surface area contributed by atoms with E-state index in [1.165, 1.54) is 18.2 Å². The number of halogens is 2. The summed E-state index contributed by atoms with van der Waals surface area (Å²) in [6.07, 6.45) is -0.0382. The zero-order valence-electron chi connectivity index (χ0n) is 11.9. The van der Waals surface area contributed by atoms with Crippen LogP contribution in [0.3, 0.4) is 0 Å². The van der Waals surface area contributed by atoms with Crippen molar-refractivity contribution in [3.05, 3.63) is 29.0 Å². The lowest BCUT2D eigenvalue weighted by Gasteiger charge is -2.25. The lowest BCUT2D eigenvalue weighted by molar-refractivity contribution is -0.138. The van der Waals surface area contributed by atoms with Gasteiger partial charge in [-0.1, -0.05) is 18.5 Å². The molecular formula is C14H18ClFN2O3. The maximum absolute atomic E-state index is 13.0. The molecule has 0 spiro atoms. The number of carbonyl (C=O) groups excluding carboxylic acids is 1. The minimum absolute atomic E-state index is 0.0382. The summed E-state index contributed by atoms with van der Waals surface area (Å²) >= 11 is 5.64. The van der Waals surface area contributed by atoms with Crippen molar-refractivity contribution in [3.63, 3.8) is 0 Å². The van der Waals surface area contributed by atoms with E-state index in [1.807, 2.05) is 6.92 Å². The first-order valence-electron chi connectivity index (χ1n) is 6.54. The van der Waals surface area contributed by atoms with Gasteiger partial charge in [-0.25, -0.2) is 4.39 Å². The number of carbonyl (C=O) groups is 2.